The third-order valence-electron chi connectivity index (χ3n) is 4.11. The minimum atomic E-state index is -0.843. The number of ether oxygens (including phenoxy) is 1. The van der Waals surface area contributed by atoms with Crippen LogP contribution >= 0.6 is 0 Å². The predicted molar refractivity (Wildman–Crippen MR) is 108 cm³/mol. The maximum absolute atomic E-state index is 11.5. The van der Waals surface area contributed by atoms with Crippen LogP contribution in [-0.2, 0) is 14.4 Å². The van der Waals surface area contributed by atoms with E-state index in [2.05, 4.69) is 36.1 Å². The molecule has 0 aromatic carbocycles. The predicted octanol–water partition coefficient (Wildman–Crippen LogP) is 5.94. The van der Waals surface area contributed by atoms with Crippen LogP contribution in [0.4, 0.5) is 0 Å². The number of hydrogen-bond donors (Lipinski definition) is 0. The first-order valence-corrected chi connectivity index (χ1v) is 10.4. The average molecular weight is 384 g/mol. The zero-order chi connectivity index (χ0) is 20.0. The van der Waals surface area contributed by atoms with Gasteiger partial charge in [-0.25, -0.2) is 0 Å². The Labute approximate surface area is 164 Å². The largest absolute Gasteiger partial charge is 0.466 e. The second kappa shape index (κ2) is 20.5. The van der Waals surface area contributed by atoms with Crippen molar-refractivity contribution in [3.05, 3.63) is 34.4 Å². The van der Waals surface area contributed by atoms with Crippen molar-refractivity contribution in [3.8, 4) is 0 Å². The highest BCUT2D eigenvalue weighted by Crippen LogP contribution is 2.08. The molecule has 0 N–H and O–H groups in total. The summed E-state index contributed by atoms with van der Waals surface area (Å²) in [5.41, 5.74) is 0. The zero-order valence-corrected chi connectivity index (χ0v) is 16.9. The SMILES string of the molecule is CCCCCCC=CC=CCCCCCCCC(=O)OCCCO[N+](=O)[O-]. The van der Waals surface area contributed by atoms with Crippen LogP contribution in [0.15, 0.2) is 24.3 Å². The molecule has 0 aliphatic rings. The van der Waals surface area contributed by atoms with E-state index in [0.29, 0.717) is 12.8 Å². The lowest BCUT2D eigenvalue weighted by molar-refractivity contribution is -0.757. The van der Waals surface area contributed by atoms with Crippen molar-refractivity contribution in [2.45, 2.75) is 90.4 Å². The fourth-order valence-corrected chi connectivity index (χ4v) is 2.56. The Morgan fingerprint density at radius 2 is 1.44 bits per heavy atom. The monoisotopic (exact) mass is 383 g/mol. The maximum atomic E-state index is 11.5. The molecule has 6 nitrogen and oxygen atoms in total. The van der Waals surface area contributed by atoms with Crippen molar-refractivity contribution >= 4 is 5.97 Å². The Bertz CT molecular complexity index is 421. The van der Waals surface area contributed by atoms with E-state index in [1.807, 2.05) is 0 Å². The van der Waals surface area contributed by atoms with Gasteiger partial charge in [-0.3, -0.25) is 4.79 Å². The van der Waals surface area contributed by atoms with E-state index in [1.165, 1.54) is 44.9 Å². The van der Waals surface area contributed by atoms with Gasteiger partial charge in [-0.15, -0.1) is 10.1 Å². The quantitative estimate of drug-likeness (QED) is 0.0906. The van der Waals surface area contributed by atoms with Crippen molar-refractivity contribution in [3.63, 3.8) is 0 Å². The van der Waals surface area contributed by atoms with Crippen LogP contribution in [0.5, 0.6) is 0 Å². The number of carbonyl (C=O) groups is 1. The lowest BCUT2D eigenvalue weighted by atomic mass is 10.1. The molecule has 0 aliphatic heterocycles. The fraction of sp³-hybridized carbons (Fsp3) is 0.762. The van der Waals surface area contributed by atoms with Gasteiger partial charge < -0.3 is 9.57 Å². The third kappa shape index (κ3) is 22.1. The summed E-state index contributed by atoms with van der Waals surface area (Å²) in [6.45, 7) is 2.37. The van der Waals surface area contributed by atoms with Gasteiger partial charge in [0, 0.05) is 12.8 Å². The van der Waals surface area contributed by atoms with Crippen molar-refractivity contribution in [2.75, 3.05) is 13.2 Å². The zero-order valence-electron chi connectivity index (χ0n) is 16.9. The molecule has 0 aromatic rings. The van der Waals surface area contributed by atoms with E-state index in [4.69, 9.17) is 4.74 Å². The lowest BCUT2D eigenvalue weighted by Gasteiger charge is -2.04. The van der Waals surface area contributed by atoms with Gasteiger partial charge in [0.1, 0.15) is 0 Å². The number of unbranched alkanes of at least 4 members (excludes halogenated alkanes) is 9. The standard InChI is InChI=1S/C21H37NO5/c1-2-3-4-5-6-7-8-9-10-11-12-13-14-15-16-18-21(23)26-19-17-20-27-22(24)25/h7-10H,2-6,11-20H2,1H3. The van der Waals surface area contributed by atoms with Crippen LogP contribution < -0.4 is 0 Å². The highest BCUT2D eigenvalue weighted by Gasteiger charge is 2.03. The molecule has 0 radical (unpaired) electrons. The van der Waals surface area contributed by atoms with Crippen molar-refractivity contribution < 1.29 is 19.5 Å². The summed E-state index contributed by atoms with van der Waals surface area (Å²) >= 11 is 0. The van der Waals surface area contributed by atoms with E-state index in [9.17, 15) is 14.9 Å². The van der Waals surface area contributed by atoms with E-state index in [-0.39, 0.29) is 19.2 Å². The van der Waals surface area contributed by atoms with E-state index in [0.717, 1.165) is 25.7 Å². The smallest absolute Gasteiger partial charge is 0.305 e. The molecule has 0 unspecified atom stereocenters. The van der Waals surface area contributed by atoms with Gasteiger partial charge in [0.25, 0.3) is 5.09 Å². The Morgan fingerprint density at radius 1 is 0.852 bits per heavy atom. The van der Waals surface area contributed by atoms with Gasteiger partial charge in [-0.2, -0.15) is 0 Å². The number of allylic oxidation sites excluding steroid dienone is 4. The van der Waals surface area contributed by atoms with Gasteiger partial charge in [0.2, 0.25) is 0 Å². The molecule has 0 rings (SSSR count). The molecule has 0 aromatic heterocycles. The summed E-state index contributed by atoms with van der Waals surface area (Å²) in [4.78, 5) is 25.5. The van der Waals surface area contributed by atoms with E-state index >= 15 is 0 Å². The highest BCUT2D eigenvalue weighted by atomic mass is 16.9. The molecule has 0 atom stereocenters. The van der Waals surface area contributed by atoms with Crippen LogP contribution in [0.1, 0.15) is 90.4 Å². The van der Waals surface area contributed by atoms with Gasteiger partial charge in [-0.1, -0.05) is 69.8 Å². The third-order valence-corrected chi connectivity index (χ3v) is 4.11. The molecule has 0 fully saturated rings. The van der Waals surface area contributed by atoms with Crippen molar-refractivity contribution in [2.24, 2.45) is 0 Å². The Hall–Kier alpha value is -1.85. The number of nitrogens with zero attached hydrogens (tertiary/aromatic N) is 1. The van der Waals surface area contributed by atoms with Gasteiger partial charge >= 0.3 is 5.97 Å². The normalized spacial score (nSPS) is 11.3. The second-order valence-corrected chi connectivity index (χ2v) is 6.64. The first kappa shape index (κ1) is 25.1. The molecule has 0 heterocycles. The molecular formula is C21H37NO5. The van der Waals surface area contributed by atoms with Crippen molar-refractivity contribution in [1.29, 1.82) is 0 Å². The first-order valence-electron chi connectivity index (χ1n) is 10.4. The van der Waals surface area contributed by atoms with Crippen LogP contribution in [-0.4, -0.2) is 24.3 Å². The number of carbonyl (C=O) groups excluding carboxylic acids is 1. The highest BCUT2D eigenvalue weighted by molar-refractivity contribution is 5.69. The molecule has 0 saturated carbocycles. The number of esters is 1. The van der Waals surface area contributed by atoms with Crippen LogP contribution in [0, 0.1) is 10.1 Å². The minimum absolute atomic E-state index is 0.0382. The van der Waals surface area contributed by atoms with Crippen molar-refractivity contribution in [1.82, 2.24) is 0 Å². The molecule has 27 heavy (non-hydrogen) atoms. The average Bonchev–Trinajstić information content (AvgIpc) is 2.64. The summed E-state index contributed by atoms with van der Waals surface area (Å²) < 4.78 is 4.99. The summed E-state index contributed by atoms with van der Waals surface area (Å²) in [6, 6.07) is 0. The topological polar surface area (TPSA) is 78.7 Å². The Morgan fingerprint density at radius 3 is 2.07 bits per heavy atom. The number of hydrogen-bond acceptors (Lipinski definition) is 5. The molecule has 156 valence electrons. The summed E-state index contributed by atoms with van der Waals surface area (Å²) in [7, 11) is 0. The molecule has 6 heteroatoms. The van der Waals surface area contributed by atoms with Gasteiger partial charge in [-0.05, 0) is 32.1 Å². The Balaban J connectivity index is 3.29. The van der Waals surface area contributed by atoms with Gasteiger partial charge in [0.05, 0.1) is 13.2 Å². The molecular weight excluding hydrogens is 346 g/mol. The van der Waals surface area contributed by atoms with E-state index in [1.54, 1.807) is 0 Å². The van der Waals surface area contributed by atoms with Crippen LogP contribution in [0.25, 0.3) is 0 Å². The van der Waals surface area contributed by atoms with Gasteiger partial charge in [0.15, 0.2) is 0 Å². The molecule has 0 bridgehead atoms. The number of rotatable bonds is 19. The second-order valence-electron chi connectivity index (χ2n) is 6.64. The summed E-state index contributed by atoms with van der Waals surface area (Å²) in [5, 5.41) is 9.09. The first-order chi connectivity index (χ1) is 13.2. The molecule has 0 amide bonds. The minimum Gasteiger partial charge on any atom is -0.466 e. The van der Waals surface area contributed by atoms with Crippen LogP contribution in [0.2, 0.25) is 0 Å². The maximum Gasteiger partial charge on any atom is 0.305 e. The fourth-order valence-electron chi connectivity index (χ4n) is 2.56. The molecule has 0 saturated heterocycles. The summed E-state index contributed by atoms with van der Waals surface area (Å²) in [5.74, 6) is -0.236. The Kier molecular flexibility index (Phi) is 19.1. The summed E-state index contributed by atoms with van der Waals surface area (Å²) in [6.07, 6.45) is 22.4. The lowest BCUT2D eigenvalue weighted by Crippen LogP contribution is -2.09. The van der Waals surface area contributed by atoms with Crippen LogP contribution in [0.3, 0.4) is 0 Å². The molecule has 0 spiro atoms. The van der Waals surface area contributed by atoms with E-state index < -0.39 is 5.09 Å². The molecule has 0 aliphatic carbocycles.